The Morgan fingerprint density at radius 3 is 2.79 bits per heavy atom. The van der Waals surface area contributed by atoms with Crippen molar-refractivity contribution >= 4 is 40.9 Å². The molecule has 24 heavy (non-hydrogen) atoms. The summed E-state index contributed by atoms with van der Waals surface area (Å²) in [5.74, 6) is -0.414. The largest absolute Gasteiger partial charge is 0.366 e. The topological polar surface area (TPSA) is 90.0 Å². The zero-order valence-corrected chi connectivity index (χ0v) is 13.5. The van der Waals surface area contributed by atoms with Crippen molar-refractivity contribution in [2.24, 2.45) is 5.73 Å². The number of nitrogens with zero attached hydrogens (tertiary/aromatic N) is 2. The number of hydrogen-bond donors (Lipinski definition) is 2. The van der Waals surface area contributed by atoms with Gasteiger partial charge in [0.2, 0.25) is 11.8 Å². The molecule has 0 saturated carbocycles. The Morgan fingerprint density at radius 1 is 1.17 bits per heavy atom. The first-order chi connectivity index (χ1) is 11.1. The lowest BCUT2D eigenvalue weighted by atomic mass is 10.0. The minimum atomic E-state index is -0.467. The molecule has 3 aromatic rings. The van der Waals surface area contributed by atoms with Gasteiger partial charge in [-0.05, 0) is 48.4 Å². The highest BCUT2D eigenvalue weighted by molar-refractivity contribution is 5.96. The second-order valence-electron chi connectivity index (χ2n) is 5.57. The lowest BCUT2D eigenvalue weighted by Crippen LogP contribution is -2.19. The number of aromatic nitrogens is 2. The average Bonchev–Trinajstić information content (AvgIpc) is 2.97. The first-order valence-corrected chi connectivity index (χ1v) is 7.32. The monoisotopic (exact) mass is 342 g/mol. The Morgan fingerprint density at radius 2 is 2.00 bits per heavy atom. The molecule has 0 radical (unpaired) electrons. The van der Waals surface area contributed by atoms with E-state index >= 15 is 0 Å². The summed E-state index contributed by atoms with van der Waals surface area (Å²) in [5, 5.41) is 2.87. The van der Waals surface area contributed by atoms with Gasteiger partial charge in [0.15, 0.2) is 0 Å². The number of nitrogens with one attached hydrogen (secondary N) is 1. The van der Waals surface area contributed by atoms with E-state index in [1.807, 2.05) is 22.8 Å². The average molecular weight is 343 g/mol. The van der Waals surface area contributed by atoms with E-state index in [4.69, 9.17) is 5.73 Å². The van der Waals surface area contributed by atoms with Gasteiger partial charge in [0.25, 0.3) is 0 Å². The molecule has 0 aliphatic carbocycles. The Bertz CT molecular complexity index is 964. The zero-order valence-electron chi connectivity index (χ0n) is 12.7. The van der Waals surface area contributed by atoms with E-state index in [1.165, 1.54) is 0 Å². The molecule has 0 fully saturated rings. The van der Waals surface area contributed by atoms with Crippen molar-refractivity contribution in [3.05, 3.63) is 53.9 Å². The molecule has 1 aromatic heterocycles. The fourth-order valence-corrected chi connectivity index (χ4v) is 2.89. The van der Waals surface area contributed by atoms with E-state index in [2.05, 4.69) is 16.4 Å². The van der Waals surface area contributed by atoms with Gasteiger partial charge < -0.3 is 11.1 Å². The van der Waals surface area contributed by atoms with Crippen molar-refractivity contribution in [2.45, 2.75) is 12.8 Å². The maximum absolute atomic E-state index is 11.4. The van der Waals surface area contributed by atoms with Gasteiger partial charge in [-0.3, -0.25) is 14.2 Å². The summed E-state index contributed by atoms with van der Waals surface area (Å²) in [4.78, 5) is 27.0. The third kappa shape index (κ3) is 2.61. The summed E-state index contributed by atoms with van der Waals surface area (Å²) < 4.78 is 1.96. The van der Waals surface area contributed by atoms with Gasteiger partial charge in [0.1, 0.15) is 6.33 Å². The van der Waals surface area contributed by atoms with Crippen LogP contribution in [0.5, 0.6) is 0 Å². The van der Waals surface area contributed by atoms with E-state index in [1.54, 1.807) is 18.5 Å². The third-order valence-corrected chi connectivity index (χ3v) is 4.09. The van der Waals surface area contributed by atoms with E-state index in [9.17, 15) is 9.59 Å². The zero-order chi connectivity index (χ0) is 16.0. The summed E-state index contributed by atoms with van der Waals surface area (Å²) in [6.45, 7) is 0. The van der Waals surface area contributed by atoms with Crippen LogP contribution in [0.1, 0.15) is 22.3 Å². The Hall–Kier alpha value is -2.86. The van der Waals surface area contributed by atoms with Gasteiger partial charge >= 0.3 is 0 Å². The number of nitrogens with two attached hydrogens (primary N) is 1. The fourth-order valence-electron chi connectivity index (χ4n) is 2.89. The molecule has 4 rings (SSSR count). The van der Waals surface area contributed by atoms with Gasteiger partial charge in [0, 0.05) is 23.4 Å². The Labute approximate surface area is 144 Å². The van der Waals surface area contributed by atoms with Crippen molar-refractivity contribution in [1.29, 1.82) is 0 Å². The maximum atomic E-state index is 11.4. The number of imidazole rings is 1. The number of aryl methyl sites for hydroxylation is 1. The normalized spacial score (nSPS) is 13.1. The van der Waals surface area contributed by atoms with Crippen LogP contribution in [0.4, 0.5) is 5.69 Å². The molecule has 1 aliphatic heterocycles. The predicted molar refractivity (Wildman–Crippen MR) is 93.8 cm³/mol. The third-order valence-electron chi connectivity index (χ3n) is 4.09. The van der Waals surface area contributed by atoms with Crippen LogP contribution in [-0.4, -0.2) is 21.4 Å². The molecule has 2 aromatic carbocycles. The number of primary amides is 1. The lowest BCUT2D eigenvalue weighted by Gasteiger charge is -2.18. The summed E-state index contributed by atoms with van der Waals surface area (Å²) in [6.07, 6.45) is 2.95. The van der Waals surface area contributed by atoms with Gasteiger partial charge in [-0.1, -0.05) is 0 Å². The molecule has 0 saturated heterocycles. The maximum Gasteiger partial charge on any atom is 0.248 e. The Balaban J connectivity index is 0.00000169. The molecular formula is C17H15ClN4O2. The van der Waals surface area contributed by atoms with Gasteiger partial charge in [0.05, 0.1) is 11.0 Å². The molecule has 1 aliphatic rings. The summed E-state index contributed by atoms with van der Waals surface area (Å²) in [5.41, 5.74) is 10.3. The molecule has 6 nitrogen and oxygen atoms in total. The van der Waals surface area contributed by atoms with E-state index < -0.39 is 5.91 Å². The van der Waals surface area contributed by atoms with Crippen LogP contribution in [-0.2, 0) is 11.2 Å². The standard InChI is InChI=1S/C17H14N4O2.ClH/c18-17(23)11-1-5-15-14(8-11)19-9-21(15)12-3-4-13-10(7-12)2-6-16(22)20-13;/h1,3-5,7-9H,2,6H2,(H2,18,23)(H,20,22);1H. The number of fused-ring (bicyclic) bond motifs is 2. The van der Waals surface area contributed by atoms with Crippen molar-refractivity contribution < 1.29 is 9.59 Å². The van der Waals surface area contributed by atoms with E-state index in [-0.39, 0.29) is 18.3 Å². The highest BCUT2D eigenvalue weighted by Crippen LogP contribution is 2.27. The lowest BCUT2D eigenvalue weighted by molar-refractivity contribution is -0.116. The first-order valence-electron chi connectivity index (χ1n) is 7.32. The van der Waals surface area contributed by atoms with E-state index in [0.29, 0.717) is 17.5 Å². The molecule has 3 N–H and O–H groups in total. The minimum Gasteiger partial charge on any atom is -0.366 e. The smallest absolute Gasteiger partial charge is 0.248 e. The molecule has 7 heteroatoms. The van der Waals surface area contributed by atoms with E-state index in [0.717, 1.165) is 28.9 Å². The van der Waals surface area contributed by atoms with Crippen molar-refractivity contribution in [1.82, 2.24) is 9.55 Å². The molecule has 122 valence electrons. The molecule has 0 spiro atoms. The van der Waals surface area contributed by atoms with Crippen LogP contribution in [0.15, 0.2) is 42.7 Å². The summed E-state index contributed by atoms with van der Waals surface area (Å²) >= 11 is 0. The van der Waals surface area contributed by atoms with Gasteiger partial charge in [-0.15, -0.1) is 12.4 Å². The van der Waals surface area contributed by atoms with Crippen LogP contribution < -0.4 is 11.1 Å². The Kier molecular flexibility index (Phi) is 3.99. The molecule has 2 heterocycles. The SMILES string of the molecule is Cl.NC(=O)c1ccc2c(c1)ncn2-c1ccc2c(c1)CCC(=O)N2. The molecule has 0 unspecified atom stereocenters. The van der Waals surface area contributed by atoms with Gasteiger partial charge in [-0.2, -0.15) is 0 Å². The van der Waals surface area contributed by atoms with Gasteiger partial charge in [-0.25, -0.2) is 4.98 Å². The summed E-state index contributed by atoms with van der Waals surface area (Å²) in [7, 11) is 0. The van der Waals surface area contributed by atoms with Crippen LogP contribution in [0, 0.1) is 0 Å². The number of amides is 2. The highest BCUT2D eigenvalue weighted by atomic mass is 35.5. The number of rotatable bonds is 2. The van der Waals surface area contributed by atoms with Crippen LogP contribution >= 0.6 is 12.4 Å². The van der Waals surface area contributed by atoms with Crippen LogP contribution in [0.3, 0.4) is 0 Å². The second-order valence-corrected chi connectivity index (χ2v) is 5.57. The fraction of sp³-hybridized carbons (Fsp3) is 0.118. The second kappa shape index (κ2) is 5.98. The number of carbonyl (C=O) groups is 2. The molecule has 2 amide bonds. The number of carbonyl (C=O) groups excluding carboxylic acids is 2. The first kappa shape index (κ1) is 16.0. The predicted octanol–water partition coefficient (Wildman–Crippen LogP) is 2.43. The quantitative estimate of drug-likeness (QED) is 0.749. The minimum absolute atomic E-state index is 0. The van der Waals surface area contributed by atoms with Crippen LogP contribution in [0.25, 0.3) is 16.7 Å². The van der Waals surface area contributed by atoms with Crippen molar-refractivity contribution in [3.8, 4) is 5.69 Å². The molecule has 0 atom stereocenters. The number of halogens is 1. The number of hydrogen-bond acceptors (Lipinski definition) is 3. The molecule has 0 bridgehead atoms. The highest BCUT2D eigenvalue weighted by Gasteiger charge is 2.16. The molecular weight excluding hydrogens is 328 g/mol. The van der Waals surface area contributed by atoms with Crippen molar-refractivity contribution in [3.63, 3.8) is 0 Å². The van der Waals surface area contributed by atoms with Crippen LogP contribution in [0.2, 0.25) is 0 Å². The number of anilines is 1. The number of benzene rings is 2. The van der Waals surface area contributed by atoms with Crippen molar-refractivity contribution in [2.75, 3.05) is 5.32 Å². The summed E-state index contributed by atoms with van der Waals surface area (Å²) in [6, 6.07) is 11.1.